The van der Waals surface area contributed by atoms with E-state index >= 15 is 0 Å². The van der Waals surface area contributed by atoms with Crippen LogP contribution in [0, 0.1) is 0 Å². The predicted octanol–water partition coefficient (Wildman–Crippen LogP) is 3.80. The average molecular weight is 286 g/mol. The predicted molar refractivity (Wildman–Crippen MR) is 76.9 cm³/mol. The first-order valence-corrected chi connectivity index (χ1v) is 7.35. The minimum atomic E-state index is -2.52. The summed E-state index contributed by atoms with van der Waals surface area (Å²) in [4.78, 5) is 22.5. The third-order valence-electron chi connectivity index (χ3n) is 2.84. The van der Waals surface area contributed by atoms with E-state index in [2.05, 4.69) is 52.3 Å². The van der Waals surface area contributed by atoms with Crippen molar-refractivity contribution in [1.82, 2.24) is 0 Å². The number of rotatable bonds is 3. The Morgan fingerprint density at radius 2 is 1.26 bits per heavy atom. The molecule has 4 nitrogen and oxygen atoms in total. The van der Waals surface area contributed by atoms with Crippen molar-refractivity contribution in [2.24, 2.45) is 0 Å². The molecule has 0 atom stereocenters. The van der Waals surface area contributed by atoms with Crippen LogP contribution in [0.25, 0.3) is 0 Å². The molecular weight excluding hydrogens is 263 g/mol. The molecule has 0 amide bonds. The maximum atomic E-state index is 8.75. The van der Waals surface area contributed by atoms with E-state index in [0.717, 1.165) is 11.1 Å². The largest absolute Gasteiger partial charge is 0.370 e. The zero-order valence-electron chi connectivity index (χ0n) is 12.4. The lowest BCUT2D eigenvalue weighted by molar-refractivity contribution is -0.109. The third kappa shape index (κ3) is 5.07. The number of benzene rings is 1. The van der Waals surface area contributed by atoms with Gasteiger partial charge < -0.3 is 14.7 Å². The van der Waals surface area contributed by atoms with E-state index in [1.807, 2.05) is 12.1 Å². The van der Waals surface area contributed by atoms with Crippen molar-refractivity contribution in [3.63, 3.8) is 0 Å². The fourth-order valence-corrected chi connectivity index (χ4v) is 1.74. The van der Waals surface area contributed by atoms with Gasteiger partial charge in [-0.05, 0) is 34.1 Å². The van der Waals surface area contributed by atoms with Crippen LogP contribution in [0.4, 0.5) is 0 Å². The number of hydrogen-bond acceptors (Lipinski definition) is 4. The fraction of sp³-hybridized carbons (Fsp3) is 0.571. The maximum absolute atomic E-state index is 8.75. The van der Waals surface area contributed by atoms with Gasteiger partial charge in [0.1, 0.15) is 0 Å². The normalized spacial score (nSPS) is 12.9. The van der Waals surface area contributed by atoms with Gasteiger partial charge in [0.25, 0.3) is 0 Å². The molecule has 2 N–H and O–H groups in total. The Morgan fingerprint density at radius 1 is 0.842 bits per heavy atom. The highest BCUT2D eigenvalue weighted by molar-refractivity contribution is 7.39. The van der Waals surface area contributed by atoms with E-state index in [1.165, 1.54) is 0 Å². The molecule has 0 aliphatic rings. The zero-order chi connectivity index (χ0) is 14.8. The zero-order valence-corrected chi connectivity index (χ0v) is 13.3. The monoisotopic (exact) mass is 286 g/mol. The van der Waals surface area contributed by atoms with E-state index in [4.69, 9.17) is 14.7 Å². The van der Waals surface area contributed by atoms with Crippen molar-refractivity contribution in [2.75, 3.05) is 0 Å². The number of hydrogen-bond donors (Lipinski definition) is 2. The highest BCUT2D eigenvalue weighted by Gasteiger charge is 2.21. The molecule has 1 rings (SSSR count). The van der Waals surface area contributed by atoms with Gasteiger partial charge in [0, 0.05) is 0 Å². The van der Waals surface area contributed by atoms with Crippen LogP contribution in [0.2, 0.25) is 0 Å². The molecule has 0 saturated heterocycles. The third-order valence-corrected chi connectivity index (χ3v) is 3.05. The Labute approximate surface area is 116 Å². The van der Waals surface area contributed by atoms with Gasteiger partial charge in [-0.3, -0.25) is 0 Å². The van der Waals surface area contributed by atoms with Crippen LogP contribution in [0.5, 0.6) is 5.75 Å². The molecule has 1 aromatic rings. The first-order chi connectivity index (χ1) is 8.50. The Hall–Kier alpha value is -0.670. The van der Waals surface area contributed by atoms with E-state index in [9.17, 15) is 0 Å². The van der Waals surface area contributed by atoms with Gasteiger partial charge >= 0.3 is 8.60 Å². The van der Waals surface area contributed by atoms with Crippen molar-refractivity contribution < 1.29 is 19.3 Å². The van der Waals surface area contributed by atoms with E-state index in [1.54, 1.807) is 0 Å². The summed E-state index contributed by atoms with van der Waals surface area (Å²) in [5, 5.41) is 0. The molecule has 0 aromatic heterocycles. The Bertz CT molecular complexity index is 398. The summed E-state index contributed by atoms with van der Waals surface area (Å²) < 4.78 is 4.44. The molecule has 1 aromatic carbocycles. The van der Waals surface area contributed by atoms with Gasteiger partial charge in [-0.2, -0.15) is 0 Å². The van der Waals surface area contributed by atoms with Crippen molar-refractivity contribution in [3.05, 3.63) is 29.3 Å². The van der Waals surface area contributed by atoms with Gasteiger partial charge in [0.2, 0.25) is 0 Å². The van der Waals surface area contributed by atoms with Crippen LogP contribution in [0.1, 0.15) is 52.7 Å². The molecule has 108 valence electrons. The second-order valence-corrected chi connectivity index (χ2v) is 7.31. The molecule has 0 fully saturated rings. The molecular formula is C14H23O4P. The van der Waals surface area contributed by atoms with Gasteiger partial charge in [-0.1, -0.05) is 47.6 Å². The van der Waals surface area contributed by atoms with E-state index < -0.39 is 8.60 Å². The van der Waals surface area contributed by atoms with Crippen LogP contribution in [-0.4, -0.2) is 9.79 Å². The molecule has 0 aliphatic heterocycles. The van der Waals surface area contributed by atoms with Crippen molar-refractivity contribution in [3.8, 4) is 5.75 Å². The van der Waals surface area contributed by atoms with Crippen molar-refractivity contribution >= 4 is 8.60 Å². The minimum absolute atomic E-state index is 0.0253. The van der Waals surface area contributed by atoms with Crippen LogP contribution in [0.15, 0.2) is 18.2 Å². The van der Waals surface area contributed by atoms with Crippen LogP contribution in [0.3, 0.4) is 0 Å². The van der Waals surface area contributed by atoms with E-state index in [0.29, 0.717) is 5.75 Å². The standard InChI is InChI=1S/C14H23O4P/c1-13(2,3)10-7-11(14(4,5)6)9-12(8-10)17-18-19(15)16/h7-9,15-16H,1-6H3. The topological polar surface area (TPSA) is 58.9 Å². The highest BCUT2D eigenvalue weighted by Crippen LogP contribution is 2.34. The van der Waals surface area contributed by atoms with Gasteiger partial charge in [0.15, 0.2) is 5.75 Å². The fourth-order valence-electron chi connectivity index (χ4n) is 1.59. The molecule has 0 aliphatic carbocycles. The van der Waals surface area contributed by atoms with E-state index in [-0.39, 0.29) is 10.8 Å². The smallest absolute Gasteiger partial charge is 0.329 e. The Kier molecular flexibility index (Phi) is 4.97. The lowest BCUT2D eigenvalue weighted by Gasteiger charge is -2.25. The molecule has 0 saturated carbocycles. The SMILES string of the molecule is CC(C)(C)c1cc(OOP(O)O)cc(C(C)(C)C)c1. The van der Waals surface area contributed by atoms with Crippen molar-refractivity contribution in [2.45, 2.75) is 52.4 Å². The molecule has 5 heteroatoms. The van der Waals surface area contributed by atoms with Crippen LogP contribution in [-0.2, 0) is 15.5 Å². The molecule has 0 radical (unpaired) electrons. The molecule has 0 bridgehead atoms. The first-order valence-electron chi connectivity index (χ1n) is 6.19. The summed E-state index contributed by atoms with van der Waals surface area (Å²) in [6.07, 6.45) is 0. The highest BCUT2D eigenvalue weighted by atomic mass is 31.2. The molecule has 0 heterocycles. The Balaban J connectivity index is 3.17. The van der Waals surface area contributed by atoms with Gasteiger partial charge in [0.05, 0.1) is 0 Å². The summed E-state index contributed by atoms with van der Waals surface area (Å²) in [6.45, 7) is 12.7. The lowest BCUT2D eigenvalue weighted by atomic mass is 9.80. The second kappa shape index (κ2) is 5.76. The Morgan fingerprint density at radius 3 is 1.58 bits per heavy atom. The lowest BCUT2D eigenvalue weighted by Crippen LogP contribution is -2.16. The summed E-state index contributed by atoms with van der Waals surface area (Å²) in [7, 11) is -2.52. The molecule has 0 unspecified atom stereocenters. The summed E-state index contributed by atoms with van der Waals surface area (Å²) >= 11 is 0. The van der Waals surface area contributed by atoms with Gasteiger partial charge in [-0.25, -0.2) is 0 Å². The minimum Gasteiger partial charge on any atom is -0.329 e. The summed E-state index contributed by atoms with van der Waals surface area (Å²) in [6, 6.07) is 5.86. The van der Waals surface area contributed by atoms with Crippen molar-refractivity contribution in [1.29, 1.82) is 0 Å². The average Bonchev–Trinajstić information content (AvgIpc) is 2.23. The van der Waals surface area contributed by atoms with Crippen LogP contribution >= 0.6 is 8.60 Å². The molecule has 0 spiro atoms. The quantitative estimate of drug-likeness (QED) is 0.504. The summed E-state index contributed by atoms with van der Waals surface area (Å²) in [5.74, 6) is 0.480. The van der Waals surface area contributed by atoms with Crippen LogP contribution < -0.4 is 4.89 Å². The first kappa shape index (κ1) is 16.4. The second-order valence-electron chi connectivity index (χ2n) is 6.66. The summed E-state index contributed by atoms with van der Waals surface area (Å²) in [5.41, 5.74) is 2.17. The molecule has 19 heavy (non-hydrogen) atoms. The van der Waals surface area contributed by atoms with Gasteiger partial charge in [-0.15, -0.1) is 4.67 Å². The maximum Gasteiger partial charge on any atom is 0.370 e.